The van der Waals surface area contributed by atoms with E-state index in [0.29, 0.717) is 5.75 Å². The van der Waals surface area contributed by atoms with Crippen molar-refractivity contribution in [3.05, 3.63) is 46.0 Å². The molecule has 0 amide bonds. The molecule has 0 unspecified atom stereocenters. The number of halogens is 2. The molecule has 2 aromatic rings. The van der Waals surface area contributed by atoms with Gasteiger partial charge in [0.2, 0.25) is 5.95 Å². The van der Waals surface area contributed by atoms with Crippen LogP contribution in [0.3, 0.4) is 0 Å². The first-order chi connectivity index (χ1) is 10.2. The molecule has 2 heterocycles. The van der Waals surface area contributed by atoms with Crippen molar-refractivity contribution in [2.24, 2.45) is 0 Å². The number of benzene rings is 1. The van der Waals surface area contributed by atoms with E-state index < -0.39 is 0 Å². The number of nitrogens with zero attached hydrogens (tertiary/aromatic N) is 3. The second-order valence-electron chi connectivity index (χ2n) is 4.94. The molecule has 0 saturated carbocycles. The minimum absolute atomic E-state index is 0.0435. The van der Waals surface area contributed by atoms with E-state index in [1.165, 1.54) is 6.07 Å². The normalized spacial score (nSPS) is 16.0. The molecular weight excluding hydrogens is 384 g/mol. The first kappa shape index (κ1) is 14.5. The van der Waals surface area contributed by atoms with Crippen LogP contribution in [0, 0.1) is 9.39 Å². The van der Waals surface area contributed by atoms with Crippen molar-refractivity contribution in [2.75, 3.05) is 18.0 Å². The zero-order valence-corrected chi connectivity index (χ0v) is 13.5. The number of hydrogen-bond donors (Lipinski definition) is 0. The Kier molecular flexibility index (Phi) is 4.52. The van der Waals surface area contributed by atoms with Crippen LogP contribution < -0.4 is 9.64 Å². The Bertz CT molecular complexity index is 600. The van der Waals surface area contributed by atoms with Crippen molar-refractivity contribution >= 4 is 28.5 Å². The van der Waals surface area contributed by atoms with Gasteiger partial charge in [0.25, 0.3) is 0 Å². The van der Waals surface area contributed by atoms with Gasteiger partial charge in [-0.3, -0.25) is 0 Å². The average molecular weight is 399 g/mol. The molecule has 1 aromatic carbocycles. The third-order valence-electron chi connectivity index (χ3n) is 3.46. The summed E-state index contributed by atoms with van der Waals surface area (Å²) in [4.78, 5) is 10.8. The molecule has 0 atom stereocenters. The van der Waals surface area contributed by atoms with Crippen LogP contribution in [-0.2, 0) is 0 Å². The number of rotatable bonds is 3. The maximum absolute atomic E-state index is 13.6. The largest absolute Gasteiger partial charge is 0.487 e. The second kappa shape index (κ2) is 6.55. The molecule has 1 fully saturated rings. The van der Waals surface area contributed by atoms with Crippen molar-refractivity contribution in [1.82, 2.24) is 9.97 Å². The molecular formula is C15H15FIN3O. The van der Waals surface area contributed by atoms with Gasteiger partial charge in [0.05, 0.1) is 0 Å². The van der Waals surface area contributed by atoms with Crippen LogP contribution in [0.2, 0.25) is 0 Å². The van der Waals surface area contributed by atoms with E-state index in [1.54, 1.807) is 18.2 Å². The molecule has 1 aliphatic rings. The molecule has 4 nitrogen and oxygen atoms in total. The standard InChI is InChI=1S/C15H15FIN3O/c16-13-3-1-2-4-14(13)21-12-5-7-20(8-6-12)15-18-9-11(17)10-19-15/h1-4,9-10,12H,5-8H2. The first-order valence-electron chi connectivity index (χ1n) is 6.86. The maximum Gasteiger partial charge on any atom is 0.225 e. The lowest BCUT2D eigenvalue weighted by Crippen LogP contribution is -2.39. The average Bonchev–Trinajstić information content (AvgIpc) is 2.51. The number of para-hydroxylation sites is 1. The SMILES string of the molecule is Fc1ccccc1OC1CCN(c2ncc(I)cn2)CC1. The van der Waals surface area contributed by atoms with Gasteiger partial charge in [-0.15, -0.1) is 0 Å². The number of hydrogen-bond acceptors (Lipinski definition) is 4. The van der Waals surface area contributed by atoms with Crippen molar-refractivity contribution in [1.29, 1.82) is 0 Å². The Morgan fingerprint density at radius 1 is 1.14 bits per heavy atom. The molecule has 1 aromatic heterocycles. The van der Waals surface area contributed by atoms with Crippen molar-refractivity contribution in [3.8, 4) is 5.75 Å². The van der Waals surface area contributed by atoms with E-state index in [-0.39, 0.29) is 11.9 Å². The smallest absolute Gasteiger partial charge is 0.225 e. The summed E-state index contributed by atoms with van der Waals surface area (Å²) in [5.41, 5.74) is 0. The monoisotopic (exact) mass is 399 g/mol. The molecule has 0 radical (unpaired) electrons. The fourth-order valence-electron chi connectivity index (χ4n) is 2.36. The summed E-state index contributed by atoms with van der Waals surface area (Å²) >= 11 is 2.19. The lowest BCUT2D eigenvalue weighted by Gasteiger charge is -2.32. The van der Waals surface area contributed by atoms with Gasteiger partial charge in [-0.1, -0.05) is 12.1 Å². The molecule has 0 spiro atoms. The van der Waals surface area contributed by atoms with E-state index in [0.717, 1.165) is 35.4 Å². The summed E-state index contributed by atoms with van der Waals surface area (Å²) in [6, 6.07) is 6.54. The Hall–Kier alpha value is -1.44. The van der Waals surface area contributed by atoms with E-state index in [2.05, 4.69) is 37.5 Å². The zero-order chi connectivity index (χ0) is 14.7. The summed E-state index contributed by atoms with van der Waals surface area (Å²) in [6.07, 6.45) is 5.34. The Morgan fingerprint density at radius 3 is 2.48 bits per heavy atom. The number of piperidine rings is 1. The van der Waals surface area contributed by atoms with Crippen molar-refractivity contribution in [2.45, 2.75) is 18.9 Å². The van der Waals surface area contributed by atoms with E-state index in [9.17, 15) is 4.39 Å². The van der Waals surface area contributed by atoms with Crippen LogP contribution in [0.15, 0.2) is 36.7 Å². The predicted molar refractivity (Wildman–Crippen MR) is 87.0 cm³/mol. The molecule has 110 valence electrons. The highest BCUT2D eigenvalue weighted by molar-refractivity contribution is 14.1. The maximum atomic E-state index is 13.6. The fraction of sp³-hybridized carbons (Fsp3) is 0.333. The van der Waals surface area contributed by atoms with Crippen LogP contribution >= 0.6 is 22.6 Å². The van der Waals surface area contributed by atoms with Crippen LogP contribution in [-0.4, -0.2) is 29.2 Å². The Balaban J connectivity index is 1.58. The van der Waals surface area contributed by atoms with E-state index >= 15 is 0 Å². The fourth-order valence-corrected chi connectivity index (χ4v) is 2.64. The molecule has 1 saturated heterocycles. The molecule has 0 aliphatic carbocycles. The number of aromatic nitrogens is 2. The third kappa shape index (κ3) is 3.61. The van der Waals surface area contributed by atoms with Crippen LogP contribution in [0.1, 0.15) is 12.8 Å². The summed E-state index contributed by atoms with van der Waals surface area (Å²) in [5.74, 6) is 0.780. The minimum atomic E-state index is -0.305. The number of anilines is 1. The zero-order valence-electron chi connectivity index (χ0n) is 11.4. The summed E-state index contributed by atoms with van der Waals surface area (Å²) in [5, 5.41) is 0. The van der Waals surface area contributed by atoms with Crippen LogP contribution in [0.5, 0.6) is 5.75 Å². The molecule has 6 heteroatoms. The van der Waals surface area contributed by atoms with Gasteiger partial charge in [0.15, 0.2) is 11.6 Å². The van der Waals surface area contributed by atoms with Crippen molar-refractivity contribution < 1.29 is 9.13 Å². The lowest BCUT2D eigenvalue weighted by molar-refractivity contribution is 0.163. The highest BCUT2D eigenvalue weighted by atomic mass is 127. The molecule has 1 aliphatic heterocycles. The van der Waals surface area contributed by atoms with Gasteiger partial charge >= 0.3 is 0 Å². The van der Waals surface area contributed by atoms with Gasteiger partial charge in [-0.05, 0) is 34.7 Å². The molecule has 0 N–H and O–H groups in total. The van der Waals surface area contributed by atoms with Crippen LogP contribution in [0.25, 0.3) is 0 Å². The van der Waals surface area contributed by atoms with Gasteiger partial charge < -0.3 is 9.64 Å². The predicted octanol–water partition coefficient (Wildman–Crippen LogP) is 3.27. The quantitative estimate of drug-likeness (QED) is 0.743. The highest BCUT2D eigenvalue weighted by Gasteiger charge is 2.22. The van der Waals surface area contributed by atoms with Crippen LogP contribution in [0.4, 0.5) is 10.3 Å². The van der Waals surface area contributed by atoms with Gasteiger partial charge in [0.1, 0.15) is 6.10 Å². The Labute approximate surface area is 136 Å². The second-order valence-corrected chi connectivity index (χ2v) is 6.18. The van der Waals surface area contributed by atoms with Gasteiger partial charge in [0, 0.05) is 41.9 Å². The molecule has 21 heavy (non-hydrogen) atoms. The first-order valence-corrected chi connectivity index (χ1v) is 7.94. The Morgan fingerprint density at radius 2 is 1.81 bits per heavy atom. The summed E-state index contributed by atoms with van der Waals surface area (Å²) in [7, 11) is 0. The minimum Gasteiger partial charge on any atom is -0.487 e. The van der Waals surface area contributed by atoms with E-state index in [4.69, 9.17) is 4.74 Å². The molecule has 0 bridgehead atoms. The number of ether oxygens (including phenoxy) is 1. The van der Waals surface area contributed by atoms with Crippen molar-refractivity contribution in [3.63, 3.8) is 0 Å². The highest BCUT2D eigenvalue weighted by Crippen LogP contribution is 2.23. The van der Waals surface area contributed by atoms with Gasteiger partial charge in [-0.25, -0.2) is 14.4 Å². The lowest BCUT2D eigenvalue weighted by atomic mass is 10.1. The topological polar surface area (TPSA) is 38.2 Å². The third-order valence-corrected chi connectivity index (χ3v) is 4.02. The summed E-state index contributed by atoms with van der Waals surface area (Å²) in [6.45, 7) is 1.64. The van der Waals surface area contributed by atoms with E-state index in [1.807, 2.05) is 12.4 Å². The summed E-state index contributed by atoms with van der Waals surface area (Å²) < 4.78 is 20.3. The molecule has 3 rings (SSSR count). The van der Waals surface area contributed by atoms with Gasteiger partial charge in [-0.2, -0.15) is 0 Å².